The summed E-state index contributed by atoms with van der Waals surface area (Å²) >= 11 is 0. The highest BCUT2D eigenvalue weighted by Gasteiger charge is 2.42. The van der Waals surface area contributed by atoms with Crippen molar-refractivity contribution < 1.29 is 24.5 Å². The van der Waals surface area contributed by atoms with Crippen LogP contribution in [0.25, 0.3) is 0 Å². The highest BCUT2D eigenvalue weighted by Crippen LogP contribution is 2.38. The lowest BCUT2D eigenvalue weighted by Crippen LogP contribution is -2.45. The number of amides is 1. The fraction of sp³-hybridized carbons (Fsp3) is 0.533. The molecule has 0 unspecified atom stereocenters. The van der Waals surface area contributed by atoms with E-state index in [1.54, 1.807) is 4.90 Å². The maximum absolute atomic E-state index is 13.3. The second kappa shape index (κ2) is 12.7. The van der Waals surface area contributed by atoms with E-state index in [4.69, 9.17) is 4.74 Å². The zero-order valence-corrected chi connectivity index (χ0v) is 21.8. The van der Waals surface area contributed by atoms with E-state index < -0.39 is 17.6 Å². The summed E-state index contributed by atoms with van der Waals surface area (Å²) in [7, 11) is 0. The molecule has 2 fully saturated rings. The number of aliphatic hydroxyl groups is 2. The van der Waals surface area contributed by atoms with Gasteiger partial charge >= 0.3 is 5.97 Å². The fourth-order valence-electron chi connectivity index (χ4n) is 5.51. The van der Waals surface area contributed by atoms with Crippen LogP contribution < -0.4 is 0 Å². The first-order valence-corrected chi connectivity index (χ1v) is 13.5. The van der Waals surface area contributed by atoms with Gasteiger partial charge in [0.2, 0.25) is 0 Å². The van der Waals surface area contributed by atoms with Crippen molar-refractivity contribution in [3.63, 3.8) is 0 Å². The molecule has 7 nitrogen and oxygen atoms in total. The van der Waals surface area contributed by atoms with Crippen molar-refractivity contribution in [2.75, 3.05) is 32.8 Å². The molecule has 7 heteroatoms. The van der Waals surface area contributed by atoms with Gasteiger partial charge in [0, 0.05) is 25.2 Å². The van der Waals surface area contributed by atoms with E-state index in [2.05, 4.69) is 17.0 Å². The second-order valence-electron chi connectivity index (χ2n) is 10.6. The fourth-order valence-corrected chi connectivity index (χ4v) is 5.51. The van der Waals surface area contributed by atoms with E-state index in [-0.39, 0.29) is 24.9 Å². The zero-order valence-electron chi connectivity index (χ0n) is 21.8. The molecule has 2 N–H and O–H groups in total. The first-order chi connectivity index (χ1) is 17.9. The summed E-state index contributed by atoms with van der Waals surface area (Å²) in [6, 6.07) is 17.9. The number of carbonyl (C=O) groups is 2. The number of esters is 1. The standard InChI is InChI=1S/C30H40N2O5/c1-23-9-5-6-12-25(23)28(35)32-17-8-7-14-30(29(36)37-22-27(34)26(33)13-18-32)15-19-31(20-16-30)21-24-10-3-2-4-11-24/h2-6,9-12,26-27,33-34H,7-8,13-22H2,1H3/t26-,27+/m0/s1. The number of hydrogen-bond acceptors (Lipinski definition) is 6. The van der Waals surface area contributed by atoms with E-state index >= 15 is 0 Å². The van der Waals surface area contributed by atoms with Gasteiger partial charge in [-0.05, 0) is 69.3 Å². The minimum absolute atomic E-state index is 0.0640. The van der Waals surface area contributed by atoms with Crippen molar-refractivity contribution in [2.24, 2.45) is 5.41 Å². The molecule has 2 aliphatic heterocycles. The van der Waals surface area contributed by atoms with E-state index in [0.29, 0.717) is 37.9 Å². The molecule has 2 aromatic carbocycles. The second-order valence-corrected chi connectivity index (χ2v) is 10.6. The molecule has 2 heterocycles. The van der Waals surface area contributed by atoms with Gasteiger partial charge in [-0.15, -0.1) is 0 Å². The number of piperidine rings is 1. The largest absolute Gasteiger partial charge is 0.462 e. The third kappa shape index (κ3) is 6.98. The van der Waals surface area contributed by atoms with Crippen molar-refractivity contribution in [2.45, 2.75) is 64.2 Å². The Morgan fingerprint density at radius 1 is 0.919 bits per heavy atom. The van der Waals surface area contributed by atoms with Crippen LogP contribution in [0.5, 0.6) is 0 Å². The topological polar surface area (TPSA) is 90.3 Å². The summed E-state index contributed by atoms with van der Waals surface area (Å²) in [5, 5.41) is 21.0. The number of carbonyl (C=O) groups excluding carboxylic acids is 2. The number of nitrogens with zero attached hydrogens (tertiary/aromatic N) is 2. The first-order valence-electron chi connectivity index (χ1n) is 13.5. The lowest BCUT2D eigenvalue weighted by Gasteiger charge is -2.40. The number of cyclic esters (lactones) is 1. The van der Waals surface area contributed by atoms with Gasteiger partial charge in [-0.25, -0.2) is 0 Å². The lowest BCUT2D eigenvalue weighted by atomic mass is 9.74. The van der Waals surface area contributed by atoms with Crippen molar-refractivity contribution in [3.05, 3.63) is 71.3 Å². The summed E-state index contributed by atoms with van der Waals surface area (Å²) in [4.78, 5) is 30.8. The molecule has 1 amide bonds. The Hall–Kier alpha value is -2.74. The molecule has 0 saturated carbocycles. The Morgan fingerprint density at radius 3 is 2.35 bits per heavy atom. The van der Waals surface area contributed by atoms with Crippen LogP contribution in [0.2, 0.25) is 0 Å². The molecule has 2 saturated heterocycles. The van der Waals surface area contributed by atoms with E-state index in [0.717, 1.165) is 38.0 Å². The van der Waals surface area contributed by atoms with Crippen LogP contribution in [0.3, 0.4) is 0 Å². The maximum atomic E-state index is 13.3. The van der Waals surface area contributed by atoms with Crippen molar-refractivity contribution in [1.82, 2.24) is 9.80 Å². The van der Waals surface area contributed by atoms with Crippen LogP contribution in [-0.4, -0.2) is 76.9 Å². The first kappa shape index (κ1) is 27.3. The monoisotopic (exact) mass is 508 g/mol. The molecular weight excluding hydrogens is 468 g/mol. The van der Waals surface area contributed by atoms with Crippen LogP contribution in [0.4, 0.5) is 0 Å². The molecule has 2 aromatic rings. The quantitative estimate of drug-likeness (QED) is 0.617. The van der Waals surface area contributed by atoms with Crippen LogP contribution in [0, 0.1) is 12.3 Å². The predicted octanol–water partition coefficient (Wildman–Crippen LogP) is 3.56. The highest BCUT2D eigenvalue weighted by molar-refractivity contribution is 5.95. The van der Waals surface area contributed by atoms with Crippen LogP contribution in [0.15, 0.2) is 54.6 Å². The van der Waals surface area contributed by atoms with Gasteiger partial charge in [-0.2, -0.15) is 0 Å². The summed E-state index contributed by atoms with van der Waals surface area (Å²) in [6.45, 7) is 5.01. The minimum Gasteiger partial charge on any atom is -0.462 e. The molecule has 1 spiro atoms. The molecule has 4 rings (SSSR count). The zero-order chi connectivity index (χ0) is 26.3. The Morgan fingerprint density at radius 2 is 1.62 bits per heavy atom. The van der Waals surface area contributed by atoms with Gasteiger partial charge in [-0.3, -0.25) is 14.5 Å². The molecule has 2 aliphatic rings. The van der Waals surface area contributed by atoms with E-state index in [9.17, 15) is 19.8 Å². The summed E-state index contributed by atoms with van der Waals surface area (Å²) < 4.78 is 5.60. The van der Waals surface area contributed by atoms with Crippen molar-refractivity contribution in [3.8, 4) is 0 Å². The van der Waals surface area contributed by atoms with Crippen LogP contribution >= 0.6 is 0 Å². The smallest absolute Gasteiger partial charge is 0.312 e. The van der Waals surface area contributed by atoms with Gasteiger partial charge in [0.1, 0.15) is 12.7 Å². The van der Waals surface area contributed by atoms with Crippen LogP contribution in [0.1, 0.15) is 60.0 Å². The summed E-state index contributed by atoms with van der Waals surface area (Å²) in [6.07, 6.45) is 1.60. The number of aliphatic hydroxyl groups excluding tert-OH is 2. The van der Waals surface area contributed by atoms with Gasteiger partial charge in [0.25, 0.3) is 5.91 Å². The molecule has 0 aliphatic carbocycles. The van der Waals surface area contributed by atoms with Crippen molar-refractivity contribution in [1.29, 1.82) is 0 Å². The van der Waals surface area contributed by atoms with Gasteiger partial charge in [-0.1, -0.05) is 55.0 Å². The molecule has 37 heavy (non-hydrogen) atoms. The highest BCUT2D eigenvalue weighted by atomic mass is 16.5. The molecule has 200 valence electrons. The van der Waals surface area contributed by atoms with Gasteiger partial charge < -0.3 is 19.8 Å². The Balaban J connectivity index is 1.44. The number of benzene rings is 2. The average Bonchev–Trinajstić information content (AvgIpc) is 2.92. The summed E-state index contributed by atoms with van der Waals surface area (Å²) in [5.74, 6) is -0.337. The SMILES string of the molecule is Cc1ccccc1C(=O)N1CCCCC2(CCN(Cc3ccccc3)CC2)C(=O)OC[C@@H](O)[C@@H](O)CC1. The maximum Gasteiger partial charge on any atom is 0.312 e. The number of aryl methyl sites for hydroxylation is 1. The summed E-state index contributed by atoms with van der Waals surface area (Å²) in [5.41, 5.74) is 2.22. The molecule has 0 radical (unpaired) electrons. The third-order valence-corrected chi connectivity index (χ3v) is 8.02. The van der Waals surface area contributed by atoms with Gasteiger partial charge in [0.15, 0.2) is 0 Å². The number of ether oxygens (including phenoxy) is 1. The number of rotatable bonds is 3. The normalized spacial score (nSPS) is 24.0. The van der Waals surface area contributed by atoms with Crippen molar-refractivity contribution >= 4 is 11.9 Å². The average molecular weight is 509 g/mol. The predicted molar refractivity (Wildman–Crippen MR) is 142 cm³/mol. The number of hydrogen-bond donors (Lipinski definition) is 2. The Kier molecular flexibility index (Phi) is 9.35. The minimum atomic E-state index is -1.18. The molecule has 0 aromatic heterocycles. The molecule has 2 atom stereocenters. The van der Waals surface area contributed by atoms with Gasteiger partial charge in [0.05, 0.1) is 11.5 Å². The number of likely N-dealkylation sites (tertiary alicyclic amines) is 1. The molecule has 0 bridgehead atoms. The third-order valence-electron chi connectivity index (χ3n) is 8.02. The van der Waals surface area contributed by atoms with E-state index in [1.807, 2.05) is 49.4 Å². The lowest BCUT2D eigenvalue weighted by molar-refractivity contribution is -0.165. The van der Waals surface area contributed by atoms with Crippen LogP contribution in [-0.2, 0) is 16.1 Å². The molecular formula is C30H40N2O5. The van der Waals surface area contributed by atoms with E-state index in [1.165, 1.54) is 5.56 Å². The Labute approximate surface area is 220 Å². The Bertz CT molecular complexity index is 1040.